The lowest BCUT2D eigenvalue weighted by Gasteiger charge is -2.36. The van der Waals surface area contributed by atoms with Crippen molar-refractivity contribution in [1.82, 2.24) is 20.3 Å². The highest BCUT2D eigenvalue weighted by atomic mass is 127. The second-order valence-corrected chi connectivity index (χ2v) is 7.38. The Kier molecular flexibility index (Phi) is 9.57. The van der Waals surface area contributed by atoms with E-state index in [-0.39, 0.29) is 24.0 Å². The van der Waals surface area contributed by atoms with Gasteiger partial charge >= 0.3 is 0 Å². The van der Waals surface area contributed by atoms with Gasteiger partial charge in [-0.15, -0.1) is 24.0 Å². The fourth-order valence-corrected chi connectivity index (χ4v) is 3.63. The molecule has 1 aromatic heterocycles. The van der Waals surface area contributed by atoms with Crippen LogP contribution < -0.4 is 5.32 Å². The average Bonchev–Trinajstić information content (AvgIpc) is 3.16. The molecule has 0 radical (unpaired) electrons. The number of rotatable bonds is 6. The Balaban J connectivity index is 0.00000261. The van der Waals surface area contributed by atoms with Crippen LogP contribution in [0.4, 0.5) is 0 Å². The Labute approximate surface area is 186 Å². The number of halogens is 2. The third-order valence-electron chi connectivity index (χ3n) is 4.57. The number of hydrogen-bond donors (Lipinski definition) is 1. The van der Waals surface area contributed by atoms with Gasteiger partial charge in [0, 0.05) is 56.9 Å². The molecular formula is C19H27BrIN5O. The first kappa shape index (κ1) is 22.2. The molecule has 27 heavy (non-hydrogen) atoms. The van der Waals surface area contributed by atoms with E-state index < -0.39 is 0 Å². The van der Waals surface area contributed by atoms with Crippen molar-refractivity contribution in [2.24, 2.45) is 4.99 Å². The van der Waals surface area contributed by atoms with Crippen molar-refractivity contribution in [3.05, 3.63) is 52.3 Å². The molecule has 1 fully saturated rings. The maximum absolute atomic E-state index is 4.91. The zero-order valence-corrected chi connectivity index (χ0v) is 19.5. The number of hydrogen-bond acceptors (Lipinski definition) is 4. The van der Waals surface area contributed by atoms with E-state index in [1.807, 2.05) is 13.1 Å². The van der Waals surface area contributed by atoms with Crippen LogP contribution >= 0.6 is 39.9 Å². The van der Waals surface area contributed by atoms with Gasteiger partial charge in [0.2, 0.25) is 0 Å². The SMILES string of the molecule is CN=C(NCCCc1cccc(Br)c1)N1CCN(Cc2ccon2)CC1.I. The number of benzene rings is 1. The predicted molar refractivity (Wildman–Crippen MR) is 123 cm³/mol. The normalized spacial score (nSPS) is 15.5. The van der Waals surface area contributed by atoms with Crippen LogP contribution in [0.15, 0.2) is 50.6 Å². The second-order valence-electron chi connectivity index (χ2n) is 6.46. The Bertz CT molecular complexity index is 702. The van der Waals surface area contributed by atoms with Crippen LogP contribution in [-0.4, -0.2) is 60.7 Å². The number of aromatic nitrogens is 1. The van der Waals surface area contributed by atoms with Crippen LogP contribution in [-0.2, 0) is 13.0 Å². The predicted octanol–water partition coefficient (Wildman–Crippen LogP) is 3.38. The van der Waals surface area contributed by atoms with Crippen molar-refractivity contribution in [3.8, 4) is 0 Å². The molecule has 0 aliphatic carbocycles. The molecule has 0 bridgehead atoms. The van der Waals surface area contributed by atoms with E-state index in [1.54, 1.807) is 6.26 Å². The van der Waals surface area contributed by atoms with Crippen molar-refractivity contribution in [2.75, 3.05) is 39.8 Å². The van der Waals surface area contributed by atoms with Crippen LogP contribution in [0.1, 0.15) is 17.7 Å². The molecule has 1 aliphatic rings. The fourth-order valence-electron chi connectivity index (χ4n) is 3.18. The van der Waals surface area contributed by atoms with E-state index in [4.69, 9.17) is 4.52 Å². The topological polar surface area (TPSA) is 56.9 Å². The van der Waals surface area contributed by atoms with E-state index in [9.17, 15) is 0 Å². The molecule has 3 rings (SSSR count). The summed E-state index contributed by atoms with van der Waals surface area (Å²) in [5, 5.41) is 7.49. The molecule has 0 spiro atoms. The van der Waals surface area contributed by atoms with Crippen molar-refractivity contribution in [2.45, 2.75) is 19.4 Å². The van der Waals surface area contributed by atoms with Crippen LogP contribution in [0.25, 0.3) is 0 Å². The number of nitrogens with one attached hydrogen (secondary N) is 1. The first-order valence-electron chi connectivity index (χ1n) is 9.06. The largest absolute Gasteiger partial charge is 0.364 e. The monoisotopic (exact) mass is 547 g/mol. The molecule has 148 valence electrons. The van der Waals surface area contributed by atoms with Crippen molar-refractivity contribution >= 4 is 45.9 Å². The summed E-state index contributed by atoms with van der Waals surface area (Å²) in [6.45, 7) is 5.74. The molecule has 8 heteroatoms. The zero-order valence-electron chi connectivity index (χ0n) is 15.6. The van der Waals surface area contributed by atoms with Crippen molar-refractivity contribution in [1.29, 1.82) is 0 Å². The first-order chi connectivity index (χ1) is 12.7. The summed E-state index contributed by atoms with van der Waals surface area (Å²) >= 11 is 3.53. The lowest BCUT2D eigenvalue weighted by molar-refractivity contribution is 0.169. The lowest BCUT2D eigenvalue weighted by atomic mass is 10.1. The summed E-state index contributed by atoms with van der Waals surface area (Å²) in [6, 6.07) is 10.4. The van der Waals surface area contributed by atoms with Gasteiger partial charge in [-0.1, -0.05) is 33.2 Å². The van der Waals surface area contributed by atoms with Crippen molar-refractivity contribution in [3.63, 3.8) is 0 Å². The molecule has 2 heterocycles. The van der Waals surface area contributed by atoms with E-state index >= 15 is 0 Å². The number of aliphatic imine (C=N–C) groups is 1. The van der Waals surface area contributed by atoms with Gasteiger partial charge in [-0.25, -0.2) is 0 Å². The molecule has 0 amide bonds. The molecule has 2 aromatic rings. The number of guanidine groups is 1. The Morgan fingerprint density at radius 1 is 1.26 bits per heavy atom. The van der Waals surface area contributed by atoms with Gasteiger partial charge in [0.15, 0.2) is 5.96 Å². The standard InChI is InChI=1S/C19H26BrN5O.HI/c1-21-19(22-8-3-5-16-4-2-6-17(20)14-16)25-11-9-24(10-12-25)15-18-7-13-26-23-18;/h2,4,6-7,13-14H,3,5,8-12,15H2,1H3,(H,21,22);1H. The third kappa shape index (κ3) is 7.08. The van der Waals surface area contributed by atoms with Crippen LogP contribution in [0, 0.1) is 0 Å². The summed E-state index contributed by atoms with van der Waals surface area (Å²) in [5.41, 5.74) is 2.35. The zero-order chi connectivity index (χ0) is 18.2. The number of aryl methyl sites for hydroxylation is 1. The van der Waals surface area contributed by atoms with Gasteiger partial charge in [0.05, 0.1) is 5.69 Å². The van der Waals surface area contributed by atoms with Crippen LogP contribution in [0.3, 0.4) is 0 Å². The summed E-state index contributed by atoms with van der Waals surface area (Å²) in [4.78, 5) is 9.18. The van der Waals surface area contributed by atoms with E-state index in [0.717, 1.165) is 68.2 Å². The van der Waals surface area contributed by atoms with Crippen molar-refractivity contribution < 1.29 is 4.52 Å². The molecule has 1 N–H and O–H groups in total. The van der Waals surface area contributed by atoms with Gasteiger partial charge in [-0.3, -0.25) is 9.89 Å². The Hall–Kier alpha value is -1.13. The molecule has 1 saturated heterocycles. The highest BCUT2D eigenvalue weighted by Crippen LogP contribution is 2.13. The average molecular weight is 548 g/mol. The quantitative estimate of drug-likeness (QED) is 0.260. The van der Waals surface area contributed by atoms with E-state index in [2.05, 4.69) is 65.5 Å². The molecular weight excluding hydrogens is 521 g/mol. The molecule has 0 saturated carbocycles. The molecule has 0 unspecified atom stereocenters. The van der Waals surface area contributed by atoms with Gasteiger partial charge in [-0.05, 0) is 30.5 Å². The second kappa shape index (κ2) is 11.7. The maximum Gasteiger partial charge on any atom is 0.193 e. The number of nitrogens with zero attached hydrogens (tertiary/aromatic N) is 4. The Morgan fingerprint density at radius 2 is 2.07 bits per heavy atom. The first-order valence-corrected chi connectivity index (χ1v) is 9.85. The fraction of sp³-hybridized carbons (Fsp3) is 0.474. The minimum atomic E-state index is 0. The van der Waals surface area contributed by atoms with Gasteiger partial charge < -0.3 is 14.7 Å². The minimum absolute atomic E-state index is 0. The summed E-state index contributed by atoms with van der Waals surface area (Å²) in [7, 11) is 1.86. The number of piperazine rings is 1. The van der Waals surface area contributed by atoms with Gasteiger partial charge in [0.1, 0.15) is 6.26 Å². The maximum atomic E-state index is 4.91. The molecule has 6 nitrogen and oxygen atoms in total. The minimum Gasteiger partial charge on any atom is -0.364 e. The smallest absolute Gasteiger partial charge is 0.193 e. The van der Waals surface area contributed by atoms with E-state index in [0.29, 0.717) is 0 Å². The third-order valence-corrected chi connectivity index (χ3v) is 5.07. The Morgan fingerprint density at radius 3 is 2.74 bits per heavy atom. The van der Waals surface area contributed by atoms with Gasteiger partial charge in [-0.2, -0.15) is 0 Å². The molecule has 1 aliphatic heterocycles. The summed E-state index contributed by atoms with van der Waals surface area (Å²) in [6.07, 6.45) is 3.78. The van der Waals surface area contributed by atoms with Gasteiger partial charge in [0.25, 0.3) is 0 Å². The van der Waals surface area contributed by atoms with Crippen LogP contribution in [0.5, 0.6) is 0 Å². The summed E-state index contributed by atoms with van der Waals surface area (Å²) < 4.78 is 6.05. The lowest BCUT2D eigenvalue weighted by Crippen LogP contribution is -2.52. The molecule has 1 aromatic carbocycles. The molecule has 0 atom stereocenters. The van der Waals surface area contributed by atoms with E-state index in [1.165, 1.54) is 5.56 Å². The summed E-state index contributed by atoms with van der Waals surface area (Å²) in [5.74, 6) is 1.00. The highest BCUT2D eigenvalue weighted by molar-refractivity contribution is 14.0. The highest BCUT2D eigenvalue weighted by Gasteiger charge is 2.20. The van der Waals surface area contributed by atoms with Crippen LogP contribution in [0.2, 0.25) is 0 Å².